The summed E-state index contributed by atoms with van der Waals surface area (Å²) in [6, 6.07) is 5.72. The topological polar surface area (TPSA) is 12.9 Å². The maximum Gasteiger partial charge on any atom is 0.0267 e. The Balaban J connectivity index is -0.000000120. The van der Waals surface area contributed by atoms with E-state index in [-0.39, 0.29) is 51.0 Å². The van der Waals surface area contributed by atoms with Crippen molar-refractivity contribution in [3.63, 3.8) is 0 Å². The minimum absolute atomic E-state index is 0. The van der Waals surface area contributed by atoms with E-state index in [4.69, 9.17) is 0 Å². The van der Waals surface area contributed by atoms with E-state index in [2.05, 4.69) is 4.98 Å². The third-order valence-corrected chi connectivity index (χ3v) is 0.566. The standard InChI is InChI=1S/C5H5N.Bi.2ClH.3H/c1-2-4-6-5-3-1;;;;;;/h1-5H;;2*1H;;;. The maximum absolute atomic E-state index is 3.78. The van der Waals surface area contributed by atoms with Crippen molar-refractivity contribution < 1.29 is 0 Å². The fourth-order valence-corrected chi connectivity index (χ4v) is 0.313. The van der Waals surface area contributed by atoms with Gasteiger partial charge in [-0.2, -0.15) is 0 Å². The molecule has 4 heteroatoms. The van der Waals surface area contributed by atoms with Gasteiger partial charge in [0.2, 0.25) is 0 Å². The summed E-state index contributed by atoms with van der Waals surface area (Å²) in [5.41, 5.74) is 0. The summed E-state index contributed by atoms with van der Waals surface area (Å²) in [6.07, 6.45) is 3.50. The summed E-state index contributed by atoms with van der Waals surface area (Å²) in [4.78, 5) is 3.78. The molecule has 0 bridgehead atoms. The Kier molecular flexibility index (Phi) is 20.7. The second kappa shape index (κ2) is 11.4. The first-order valence-corrected chi connectivity index (χ1v) is 1.85. The Morgan fingerprint density at radius 3 is 1.33 bits per heavy atom. The van der Waals surface area contributed by atoms with E-state index < -0.39 is 0 Å². The quantitative estimate of drug-likeness (QED) is 0.620. The van der Waals surface area contributed by atoms with Crippen molar-refractivity contribution in [1.29, 1.82) is 0 Å². The van der Waals surface area contributed by atoms with Crippen molar-refractivity contribution >= 4 is 51.0 Å². The first kappa shape index (κ1) is 16.3. The van der Waals surface area contributed by atoms with Gasteiger partial charge in [0.1, 0.15) is 0 Å². The van der Waals surface area contributed by atoms with Crippen LogP contribution in [0.2, 0.25) is 0 Å². The molecule has 0 radical (unpaired) electrons. The van der Waals surface area contributed by atoms with Crippen LogP contribution in [0.4, 0.5) is 0 Å². The van der Waals surface area contributed by atoms with Crippen molar-refractivity contribution in [2.45, 2.75) is 0 Å². The summed E-state index contributed by atoms with van der Waals surface area (Å²) >= 11 is 0. The molecule has 0 amide bonds. The maximum atomic E-state index is 3.78. The summed E-state index contributed by atoms with van der Waals surface area (Å²) in [6.45, 7) is 0. The number of pyridine rings is 1. The molecular formula is C5H10BiCl2N. The third-order valence-electron chi connectivity index (χ3n) is 0.566. The first-order valence-electron chi connectivity index (χ1n) is 1.85. The molecule has 0 saturated heterocycles. The normalized spacial score (nSPS) is 5.33. The van der Waals surface area contributed by atoms with Gasteiger partial charge >= 0.3 is 26.2 Å². The summed E-state index contributed by atoms with van der Waals surface area (Å²) in [5.74, 6) is 0. The fourth-order valence-electron chi connectivity index (χ4n) is 0.313. The van der Waals surface area contributed by atoms with Crippen molar-refractivity contribution in [1.82, 2.24) is 4.98 Å². The number of hydrogen-bond acceptors (Lipinski definition) is 1. The zero-order valence-corrected chi connectivity index (χ0v) is 12.0. The Hall–Kier alpha value is 0.613. The molecule has 9 heavy (non-hydrogen) atoms. The zero-order valence-electron chi connectivity index (χ0n) is 4.86. The molecule has 0 aliphatic heterocycles. The molecule has 0 aliphatic rings. The summed E-state index contributed by atoms with van der Waals surface area (Å²) < 4.78 is 0. The average Bonchev–Trinajstić information content (AvgIpc) is 1.72. The molecule has 0 saturated carbocycles. The van der Waals surface area contributed by atoms with E-state index in [9.17, 15) is 0 Å². The van der Waals surface area contributed by atoms with Gasteiger partial charge in [-0.25, -0.2) is 0 Å². The molecule has 54 valence electrons. The van der Waals surface area contributed by atoms with Crippen LogP contribution in [0.3, 0.4) is 0 Å². The van der Waals surface area contributed by atoms with Crippen LogP contribution >= 0.6 is 24.8 Å². The van der Waals surface area contributed by atoms with E-state index in [1.165, 1.54) is 0 Å². The molecule has 0 aromatic carbocycles. The first-order chi connectivity index (χ1) is 3.00. The Bertz CT molecular complexity index is 86.9. The monoisotopic (exact) mass is 363 g/mol. The fraction of sp³-hybridized carbons (Fsp3) is 0. The number of aromatic nitrogens is 1. The Morgan fingerprint density at radius 1 is 0.778 bits per heavy atom. The van der Waals surface area contributed by atoms with Crippen LogP contribution in [-0.4, -0.2) is 31.2 Å². The molecule has 1 aromatic heterocycles. The molecule has 0 fully saturated rings. The minimum atomic E-state index is 0. The average molecular weight is 364 g/mol. The van der Waals surface area contributed by atoms with E-state index in [0.717, 1.165) is 0 Å². The van der Waals surface area contributed by atoms with Crippen LogP contribution in [0.1, 0.15) is 0 Å². The van der Waals surface area contributed by atoms with Gasteiger partial charge in [0.25, 0.3) is 0 Å². The molecule has 1 aromatic rings. The van der Waals surface area contributed by atoms with Crippen molar-refractivity contribution in [2.24, 2.45) is 0 Å². The van der Waals surface area contributed by atoms with E-state index in [1.54, 1.807) is 12.4 Å². The van der Waals surface area contributed by atoms with Gasteiger partial charge in [0.05, 0.1) is 0 Å². The van der Waals surface area contributed by atoms with Crippen molar-refractivity contribution in [2.75, 3.05) is 0 Å². The second-order valence-electron chi connectivity index (χ2n) is 1.02. The Morgan fingerprint density at radius 2 is 1.22 bits per heavy atom. The molecule has 0 atom stereocenters. The van der Waals surface area contributed by atoms with Crippen LogP contribution in [0.15, 0.2) is 30.6 Å². The van der Waals surface area contributed by atoms with Crippen LogP contribution in [0.5, 0.6) is 0 Å². The summed E-state index contributed by atoms with van der Waals surface area (Å²) in [5, 5.41) is 0. The van der Waals surface area contributed by atoms with Gasteiger partial charge in [-0.15, -0.1) is 24.8 Å². The van der Waals surface area contributed by atoms with Gasteiger partial charge in [-0.3, -0.25) is 4.98 Å². The van der Waals surface area contributed by atoms with Gasteiger partial charge in [0, 0.05) is 12.4 Å². The molecule has 1 nitrogen and oxygen atoms in total. The number of halogens is 2. The zero-order chi connectivity index (χ0) is 4.24. The van der Waals surface area contributed by atoms with Crippen LogP contribution in [0, 0.1) is 0 Å². The van der Waals surface area contributed by atoms with Gasteiger partial charge in [0.15, 0.2) is 0 Å². The van der Waals surface area contributed by atoms with Crippen molar-refractivity contribution in [3.8, 4) is 0 Å². The van der Waals surface area contributed by atoms with Gasteiger partial charge in [-0.1, -0.05) is 6.07 Å². The summed E-state index contributed by atoms with van der Waals surface area (Å²) in [7, 11) is 0. The smallest absolute Gasteiger partial charge is 0.0267 e. The van der Waals surface area contributed by atoms with E-state index in [1.807, 2.05) is 18.2 Å². The second-order valence-corrected chi connectivity index (χ2v) is 1.02. The molecule has 0 aliphatic carbocycles. The molecule has 0 spiro atoms. The minimum Gasteiger partial charge on any atom is -0.265 e. The SMILES string of the molecule is Cl.Cl.[BiH3].c1ccncc1. The molecule has 1 heterocycles. The van der Waals surface area contributed by atoms with Gasteiger partial charge < -0.3 is 0 Å². The largest absolute Gasteiger partial charge is 0.265 e. The van der Waals surface area contributed by atoms with Gasteiger partial charge in [-0.05, 0) is 12.1 Å². The predicted octanol–water partition coefficient (Wildman–Crippen LogP) is 0.741. The van der Waals surface area contributed by atoms with Crippen LogP contribution in [-0.2, 0) is 0 Å². The Labute approximate surface area is 86.2 Å². The predicted molar refractivity (Wildman–Crippen MR) is 48.7 cm³/mol. The van der Waals surface area contributed by atoms with E-state index >= 15 is 0 Å². The van der Waals surface area contributed by atoms with E-state index in [0.29, 0.717) is 0 Å². The molecule has 0 unspecified atom stereocenters. The number of rotatable bonds is 0. The number of nitrogens with zero attached hydrogens (tertiary/aromatic N) is 1. The molecular weight excluding hydrogens is 354 g/mol. The van der Waals surface area contributed by atoms with Crippen LogP contribution in [0.25, 0.3) is 0 Å². The van der Waals surface area contributed by atoms with Crippen LogP contribution < -0.4 is 0 Å². The third kappa shape index (κ3) is 8.61. The molecule has 0 N–H and O–H groups in total. The number of hydrogen-bond donors (Lipinski definition) is 0. The van der Waals surface area contributed by atoms with Crippen molar-refractivity contribution in [3.05, 3.63) is 30.6 Å². The molecule has 1 rings (SSSR count).